The minimum absolute atomic E-state index is 0.0345. The van der Waals surface area contributed by atoms with Gasteiger partial charge in [0.05, 0.1) is 29.5 Å². The van der Waals surface area contributed by atoms with Crippen LogP contribution in [0.25, 0.3) is 11.3 Å². The van der Waals surface area contributed by atoms with Crippen LogP contribution in [0.2, 0.25) is 0 Å². The number of hydrogen-bond donors (Lipinski definition) is 1. The monoisotopic (exact) mass is 463 g/mol. The van der Waals surface area contributed by atoms with Crippen molar-refractivity contribution >= 4 is 40.2 Å². The van der Waals surface area contributed by atoms with Crippen LogP contribution in [0.1, 0.15) is 5.76 Å². The predicted molar refractivity (Wildman–Crippen MR) is 108 cm³/mol. The summed E-state index contributed by atoms with van der Waals surface area (Å²) in [6, 6.07) is 15.6. The smallest absolute Gasteiger partial charge is 0.270 e. The van der Waals surface area contributed by atoms with Gasteiger partial charge in [-0.3, -0.25) is 15.5 Å². The van der Waals surface area contributed by atoms with Crippen molar-refractivity contribution in [2.75, 3.05) is 12.5 Å². The van der Waals surface area contributed by atoms with Gasteiger partial charge in [-0.25, -0.2) is 0 Å². The number of anilines is 1. The summed E-state index contributed by atoms with van der Waals surface area (Å²) in [5.74, 6) is 1.46. The van der Waals surface area contributed by atoms with Gasteiger partial charge in [-0.15, -0.1) is 0 Å². The number of methoxy groups -OCH3 is 1. The molecule has 0 atom stereocenters. The van der Waals surface area contributed by atoms with Gasteiger partial charge in [0.1, 0.15) is 17.3 Å². The molecule has 0 amide bonds. The minimum Gasteiger partial charge on any atom is -0.496 e. The molecule has 3 aromatic rings. The second-order valence-electron chi connectivity index (χ2n) is 5.22. The van der Waals surface area contributed by atoms with E-state index in [1.807, 2.05) is 24.3 Å². The highest BCUT2D eigenvalue weighted by Crippen LogP contribution is 2.34. The van der Waals surface area contributed by atoms with Crippen LogP contribution in [0, 0.1) is 13.7 Å². The molecule has 8 heteroatoms. The Morgan fingerprint density at radius 3 is 2.65 bits per heavy atom. The van der Waals surface area contributed by atoms with Crippen LogP contribution in [-0.4, -0.2) is 18.2 Å². The molecule has 2 aromatic carbocycles. The van der Waals surface area contributed by atoms with Crippen molar-refractivity contribution in [2.45, 2.75) is 0 Å². The van der Waals surface area contributed by atoms with Crippen molar-refractivity contribution in [2.24, 2.45) is 5.10 Å². The Hall–Kier alpha value is -2.88. The number of nitrogens with zero attached hydrogens (tertiary/aromatic N) is 2. The summed E-state index contributed by atoms with van der Waals surface area (Å²) < 4.78 is 12.1. The molecule has 26 heavy (non-hydrogen) atoms. The standard InChI is InChI=1S/C18H14IN3O4/c1-25-17-8-6-14(22(23)24)10-16(17)18-9-7-15(26-18)11-20-21-13-4-2-12(19)3-5-13/h2-11,21H,1H3/b20-11-. The average Bonchev–Trinajstić information content (AvgIpc) is 3.11. The number of nitro benzene ring substituents is 1. The molecule has 0 bridgehead atoms. The number of nitrogens with one attached hydrogen (secondary N) is 1. The highest BCUT2D eigenvalue weighted by atomic mass is 127. The molecular weight excluding hydrogens is 449 g/mol. The second kappa shape index (κ2) is 8.00. The quantitative estimate of drug-likeness (QED) is 0.243. The van der Waals surface area contributed by atoms with Gasteiger partial charge in [-0.1, -0.05) is 0 Å². The summed E-state index contributed by atoms with van der Waals surface area (Å²) in [5, 5.41) is 15.1. The van der Waals surface area contributed by atoms with Crippen LogP contribution in [0.15, 0.2) is 64.1 Å². The van der Waals surface area contributed by atoms with Gasteiger partial charge in [0.15, 0.2) is 0 Å². The summed E-state index contributed by atoms with van der Waals surface area (Å²) in [7, 11) is 1.50. The lowest BCUT2D eigenvalue weighted by Crippen LogP contribution is -1.92. The average molecular weight is 463 g/mol. The van der Waals surface area contributed by atoms with Crippen LogP contribution in [-0.2, 0) is 0 Å². The number of ether oxygens (including phenoxy) is 1. The summed E-state index contributed by atoms with van der Waals surface area (Å²) in [4.78, 5) is 10.5. The molecular formula is C18H14IN3O4. The van der Waals surface area contributed by atoms with Crippen molar-refractivity contribution in [3.63, 3.8) is 0 Å². The zero-order chi connectivity index (χ0) is 18.5. The third-order valence-corrected chi connectivity index (χ3v) is 4.23. The Morgan fingerprint density at radius 1 is 1.19 bits per heavy atom. The first kappa shape index (κ1) is 17.9. The van der Waals surface area contributed by atoms with Crippen molar-refractivity contribution in [1.29, 1.82) is 0 Å². The van der Waals surface area contributed by atoms with E-state index in [1.165, 1.54) is 25.5 Å². The van der Waals surface area contributed by atoms with Gasteiger partial charge in [-0.2, -0.15) is 5.10 Å². The van der Waals surface area contributed by atoms with Gasteiger partial charge < -0.3 is 9.15 Å². The molecule has 0 unspecified atom stereocenters. The number of benzene rings is 2. The lowest BCUT2D eigenvalue weighted by Gasteiger charge is -2.05. The van der Waals surface area contributed by atoms with E-state index in [-0.39, 0.29) is 5.69 Å². The molecule has 1 aromatic heterocycles. The highest BCUT2D eigenvalue weighted by molar-refractivity contribution is 14.1. The van der Waals surface area contributed by atoms with E-state index in [4.69, 9.17) is 9.15 Å². The largest absolute Gasteiger partial charge is 0.496 e. The van der Waals surface area contributed by atoms with Crippen molar-refractivity contribution in [3.05, 3.63) is 74.0 Å². The van der Waals surface area contributed by atoms with E-state index < -0.39 is 4.92 Å². The van der Waals surface area contributed by atoms with E-state index in [0.717, 1.165) is 9.26 Å². The lowest BCUT2D eigenvalue weighted by molar-refractivity contribution is -0.384. The number of hydrogen-bond acceptors (Lipinski definition) is 6. The highest BCUT2D eigenvalue weighted by Gasteiger charge is 2.15. The molecule has 1 heterocycles. The minimum atomic E-state index is -0.459. The van der Waals surface area contributed by atoms with Gasteiger partial charge in [-0.05, 0) is 65.1 Å². The first-order valence-corrected chi connectivity index (χ1v) is 8.62. The Kier molecular flexibility index (Phi) is 5.52. The SMILES string of the molecule is COc1ccc([N+](=O)[O-])cc1-c1ccc(/C=N\Nc2ccc(I)cc2)o1. The molecule has 0 aliphatic rings. The van der Waals surface area contributed by atoms with Crippen LogP contribution >= 0.6 is 22.6 Å². The Labute approximate surface area is 163 Å². The molecule has 0 saturated carbocycles. The Balaban J connectivity index is 1.79. The van der Waals surface area contributed by atoms with Gasteiger partial charge in [0.2, 0.25) is 0 Å². The van der Waals surface area contributed by atoms with Crippen molar-refractivity contribution in [3.8, 4) is 17.1 Å². The molecule has 7 nitrogen and oxygen atoms in total. The predicted octanol–water partition coefficient (Wildman–Crippen LogP) is 4.91. The van der Waals surface area contributed by atoms with Crippen LogP contribution in [0.4, 0.5) is 11.4 Å². The maximum absolute atomic E-state index is 11.0. The maximum Gasteiger partial charge on any atom is 0.270 e. The van der Waals surface area contributed by atoms with Crippen LogP contribution in [0.5, 0.6) is 5.75 Å². The van der Waals surface area contributed by atoms with E-state index in [1.54, 1.807) is 18.2 Å². The van der Waals surface area contributed by atoms with Gasteiger partial charge >= 0.3 is 0 Å². The van der Waals surface area contributed by atoms with Crippen molar-refractivity contribution < 1.29 is 14.1 Å². The number of rotatable bonds is 6. The number of halogens is 1. The third-order valence-electron chi connectivity index (χ3n) is 3.52. The zero-order valence-corrected chi connectivity index (χ0v) is 15.8. The first-order valence-electron chi connectivity index (χ1n) is 7.54. The second-order valence-corrected chi connectivity index (χ2v) is 6.47. The number of hydrazone groups is 1. The molecule has 0 spiro atoms. The van der Waals surface area contributed by atoms with E-state index in [9.17, 15) is 10.1 Å². The first-order chi connectivity index (χ1) is 12.6. The number of nitro groups is 1. The molecule has 0 fully saturated rings. The normalized spacial score (nSPS) is 10.8. The molecule has 3 rings (SSSR count). The van der Waals surface area contributed by atoms with E-state index in [2.05, 4.69) is 33.1 Å². The molecule has 0 aliphatic carbocycles. The fraction of sp³-hybridized carbons (Fsp3) is 0.0556. The van der Waals surface area contributed by atoms with Gasteiger partial charge in [0, 0.05) is 15.7 Å². The van der Waals surface area contributed by atoms with Crippen LogP contribution in [0.3, 0.4) is 0 Å². The topological polar surface area (TPSA) is 89.9 Å². The summed E-state index contributed by atoms with van der Waals surface area (Å²) in [5.41, 5.74) is 4.24. The van der Waals surface area contributed by atoms with Crippen molar-refractivity contribution in [1.82, 2.24) is 0 Å². The van der Waals surface area contributed by atoms with E-state index in [0.29, 0.717) is 22.8 Å². The summed E-state index contributed by atoms with van der Waals surface area (Å²) in [6.45, 7) is 0. The Morgan fingerprint density at radius 2 is 1.96 bits per heavy atom. The van der Waals surface area contributed by atoms with Gasteiger partial charge in [0.25, 0.3) is 5.69 Å². The summed E-state index contributed by atoms with van der Waals surface area (Å²) >= 11 is 2.23. The fourth-order valence-corrected chi connectivity index (χ4v) is 2.62. The third kappa shape index (κ3) is 4.20. The molecule has 1 N–H and O–H groups in total. The fourth-order valence-electron chi connectivity index (χ4n) is 2.26. The maximum atomic E-state index is 11.0. The summed E-state index contributed by atoms with van der Waals surface area (Å²) in [6.07, 6.45) is 1.53. The zero-order valence-electron chi connectivity index (χ0n) is 13.7. The number of furan rings is 1. The molecule has 0 saturated heterocycles. The number of non-ortho nitro benzene ring substituents is 1. The molecule has 0 radical (unpaired) electrons. The molecule has 0 aliphatic heterocycles. The Bertz CT molecular complexity index is 951. The van der Waals surface area contributed by atoms with Crippen LogP contribution < -0.4 is 10.2 Å². The van der Waals surface area contributed by atoms with E-state index >= 15 is 0 Å². The lowest BCUT2D eigenvalue weighted by atomic mass is 10.1. The molecule has 132 valence electrons.